The number of nitrogens with zero attached hydrogens (tertiary/aromatic N) is 5. The summed E-state index contributed by atoms with van der Waals surface area (Å²) in [5.74, 6) is -2.08. The lowest BCUT2D eigenvalue weighted by molar-refractivity contribution is -0.132. The van der Waals surface area contributed by atoms with Crippen molar-refractivity contribution in [1.82, 2.24) is 19.6 Å². The van der Waals surface area contributed by atoms with Gasteiger partial charge in [0, 0.05) is 17.0 Å². The summed E-state index contributed by atoms with van der Waals surface area (Å²) in [4.78, 5) is 32.7. The van der Waals surface area contributed by atoms with Crippen molar-refractivity contribution in [2.75, 3.05) is 4.90 Å². The highest BCUT2D eigenvalue weighted by Crippen LogP contribution is 2.44. The molecular weight excluding hydrogens is 573 g/mol. The Balaban J connectivity index is 1.44. The van der Waals surface area contributed by atoms with Gasteiger partial charge < -0.3 is 5.11 Å². The van der Waals surface area contributed by atoms with Gasteiger partial charge in [-0.05, 0) is 48.4 Å². The maximum atomic E-state index is 14.1. The van der Waals surface area contributed by atoms with E-state index in [1.54, 1.807) is 72.1 Å². The van der Waals surface area contributed by atoms with Crippen LogP contribution in [0.4, 0.5) is 9.52 Å². The maximum absolute atomic E-state index is 14.1. The van der Waals surface area contributed by atoms with Crippen LogP contribution >= 0.6 is 34.7 Å². The minimum atomic E-state index is -0.997. The lowest BCUT2D eigenvalue weighted by Gasteiger charge is -2.22. The Labute approximate surface area is 240 Å². The highest BCUT2D eigenvalue weighted by molar-refractivity contribution is 8.00. The molecule has 5 aromatic rings. The number of hydrogen-bond donors (Lipinski definition) is 1. The molecule has 3 aromatic heterocycles. The Morgan fingerprint density at radius 2 is 1.82 bits per heavy atom. The first-order valence-corrected chi connectivity index (χ1v) is 14.2. The van der Waals surface area contributed by atoms with Gasteiger partial charge in [0.1, 0.15) is 17.2 Å². The number of amides is 1. The Morgan fingerprint density at radius 3 is 2.60 bits per heavy atom. The molecule has 1 unspecified atom stereocenters. The zero-order chi connectivity index (χ0) is 28.0. The van der Waals surface area contributed by atoms with Crippen molar-refractivity contribution in [3.63, 3.8) is 0 Å². The minimum Gasteiger partial charge on any atom is -0.505 e. The smallest absolute Gasteiger partial charge is 0.301 e. The quantitative estimate of drug-likeness (QED) is 0.0824. The predicted octanol–water partition coefficient (Wildman–Crippen LogP) is 6.21. The average molecular weight is 592 g/mol. The number of Topliss-reactive ketones (excluding diaryl/α,β-unsaturated/α-hetero) is 1. The summed E-state index contributed by atoms with van der Waals surface area (Å²) in [6.45, 7) is 1.72. The first kappa shape index (κ1) is 26.2. The molecule has 4 heterocycles. The molecule has 2 aromatic carbocycles. The van der Waals surface area contributed by atoms with Crippen LogP contribution in [-0.4, -0.2) is 36.4 Å². The summed E-state index contributed by atoms with van der Waals surface area (Å²) >= 11 is 8.50. The third-order valence-corrected chi connectivity index (χ3v) is 8.83. The number of rotatable bonds is 6. The van der Waals surface area contributed by atoms with Gasteiger partial charge in [0.25, 0.3) is 5.78 Å². The third kappa shape index (κ3) is 4.55. The number of thioether (sulfide) groups is 1. The molecule has 8 nitrogen and oxygen atoms in total. The van der Waals surface area contributed by atoms with Crippen LogP contribution in [-0.2, 0) is 15.3 Å². The number of anilines is 1. The maximum Gasteiger partial charge on any atom is 0.301 e. The summed E-state index contributed by atoms with van der Waals surface area (Å²) < 4.78 is 16.2. The SMILES string of the molecule is Cc1nc2ccccn2c1/C(O)=C1\C(=O)C(=O)N(c2nnc(SCc3ccccc3F)s2)C1c1ccc(Cl)cc1. The van der Waals surface area contributed by atoms with Crippen LogP contribution in [0.5, 0.6) is 0 Å². The molecule has 1 saturated heterocycles. The standard InChI is InChI=1S/C28H19ClFN5O3S2/c1-15-22(34-13-5-4-8-20(34)31-15)24(36)21-23(16-9-11-18(29)12-10-16)35(26(38)25(21)37)27-32-33-28(40-27)39-14-17-6-2-3-7-19(17)30/h2-13,23,36H,14H2,1H3/b24-21+. The molecule has 1 atom stereocenters. The normalized spacial score (nSPS) is 16.8. The van der Waals surface area contributed by atoms with Gasteiger partial charge in [0.05, 0.1) is 17.3 Å². The number of imidazole rings is 1. The number of carbonyl (C=O) groups is 2. The van der Waals surface area contributed by atoms with Gasteiger partial charge in [-0.15, -0.1) is 10.2 Å². The monoisotopic (exact) mass is 591 g/mol. The first-order valence-electron chi connectivity index (χ1n) is 12.0. The van der Waals surface area contributed by atoms with Crippen LogP contribution in [0.15, 0.2) is 82.8 Å². The highest BCUT2D eigenvalue weighted by atomic mass is 35.5. The fraction of sp³-hybridized carbons (Fsp3) is 0.107. The van der Waals surface area contributed by atoms with Crippen molar-refractivity contribution in [2.45, 2.75) is 23.1 Å². The van der Waals surface area contributed by atoms with Crippen LogP contribution < -0.4 is 4.90 Å². The molecule has 0 radical (unpaired) electrons. The number of halogens is 2. The molecule has 1 fully saturated rings. The highest BCUT2D eigenvalue weighted by Gasteiger charge is 2.48. The summed E-state index contributed by atoms with van der Waals surface area (Å²) in [7, 11) is 0. The van der Waals surface area contributed by atoms with E-state index >= 15 is 0 Å². The van der Waals surface area contributed by atoms with E-state index < -0.39 is 17.7 Å². The van der Waals surface area contributed by atoms with Gasteiger partial charge >= 0.3 is 5.91 Å². The number of benzene rings is 2. The molecule has 12 heteroatoms. The topological polar surface area (TPSA) is 101 Å². The number of aromatic nitrogens is 4. The number of aryl methyl sites for hydroxylation is 1. The fourth-order valence-corrected chi connectivity index (χ4v) is 6.61. The number of aliphatic hydroxyl groups excluding tert-OH is 1. The zero-order valence-electron chi connectivity index (χ0n) is 20.8. The Hall–Kier alpha value is -4.06. The molecule has 40 heavy (non-hydrogen) atoms. The van der Waals surface area contributed by atoms with Crippen molar-refractivity contribution in [1.29, 1.82) is 0 Å². The molecule has 0 bridgehead atoms. The van der Waals surface area contributed by atoms with Crippen LogP contribution in [0.3, 0.4) is 0 Å². The van der Waals surface area contributed by atoms with E-state index in [1.165, 1.54) is 22.7 Å². The Bertz CT molecular complexity index is 1820. The fourth-order valence-electron chi connectivity index (χ4n) is 4.63. The second-order valence-corrected chi connectivity index (χ2v) is 11.5. The largest absolute Gasteiger partial charge is 0.505 e. The molecule has 1 aliphatic heterocycles. The van der Waals surface area contributed by atoms with Crippen molar-refractivity contribution in [3.05, 3.63) is 112 Å². The third-order valence-electron chi connectivity index (χ3n) is 6.47. The van der Waals surface area contributed by atoms with E-state index in [1.807, 2.05) is 6.07 Å². The van der Waals surface area contributed by atoms with Crippen molar-refractivity contribution < 1.29 is 19.1 Å². The lowest BCUT2D eigenvalue weighted by Crippen LogP contribution is -2.29. The summed E-state index contributed by atoms with van der Waals surface area (Å²) in [6.07, 6.45) is 1.72. The lowest BCUT2D eigenvalue weighted by atomic mass is 9.96. The molecule has 1 N–H and O–H groups in total. The molecule has 1 aliphatic rings. The van der Waals surface area contributed by atoms with Gasteiger partial charge in [-0.3, -0.25) is 18.9 Å². The van der Waals surface area contributed by atoms with Crippen LogP contribution in [0.1, 0.15) is 28.6 Å². The minimum absolute atomic E-state index is 0.100. The van der Waals surface area contributed by atoms with Gasteiger partial charge in [0.15, 0.2) is 10.1 Å². The molecule has 0 saturated carbocycles. The molecule has 6 rings (SSSR count). The van der Waals surface area contributed by atoms with E-state index in [9.17, 15) is 19.1 Å². The molecule has 0 spiro atoms. The van der Waals surface area contributed by atoms with Crippen LogP contribution in [0.25, 0.3) is 11.4 Å². The van der Waals surface area contributed by atoms with E-state index in [0.29, 0.717) is 43.3 Å². The zero-order valence-corrected chi connectivity index (χ0v) is 23.2. The van der Waals surface area contributed by atoms with Crippen molar-refractivity contribution >= 4 is 62.9 Å². The van der Waals surface area contributed by atoms with E-state index in [-0.39, 0.29) is 22.3 Å². The van der Waals surface area contributed by atoms with Crippen molar-refractivity contribution in [2.24, 2.45) is 0 Å². The number of carbonyl (C=O) groups excluding carboxylic acids is 2. The van der Waals surface area contributed by atoms with E-state index in [4.69, 9.17) is 11.6 Å². The average Bonchev–Trinajstić information content (AvgIpc) is 3.62. The van der Waals surface area contributed by atoms with E-state index in [0.717, 1.165) is 11.3 Å². The Kier molecular flexibility index (Phi) is 6.87. The second kappa shape index (κ2) is 10.5. The summed E-state index contributed by atoms with van der Waals surface area (Å²) in [5.41, 5.74) is 2.34. The van der Waals surface area contributed by atoms with Gasteiger partial charge in [-0.1, -0.05) is 71.1 Å². The number of ketones is 1. The van der Waals surface area contributed by atoms with Crippen molar-refractivity contribution in [3.8, 4) is 0 Å². The Morgan fingerprint density at radius 1 is 1.07 bits per heavy atom. The molecular formula is C28H19ClFN5O3S2. The molecule has 200 valence electrons. The van der Waals surface area contributed by atoms with Crippen LogP contribution in [0, 0.1) is 12.7 Å². The number of hydrogen-bond acceptors (Lipinski definition) is 8. The second-order valence-electron chi connectivity index (χ2n) is 8.93. The van der Waals surface area contributed by atoms with Gasteiger partial charge in [0.2, 0.25) is 5.13 Å². The predicted molar refractivity (Wildman–Crippen MR) is 152 cm³/mol. The van der Waals surface area contributed by atoms with Gasteiger partial charge in [-0.25, -0.2) is 9.37 Å². The number of aliphatic hydroxyl groups is 1. The van der Waals surface area contributed by atoms with E-state index in [2.05, 4.69) is 15.2 Å². The summed E-state index contributed by atoms with van der Waals surface area (Å²) in [6, 6.07) is 17.5. The number of pyridine rings is 1. The molecule has 0 aliphatic carbocycles. The number of fused-ring (bicyclic) bond motifs is 1. The summed E-state index contributed by atoms with van der Waals surface area (Å²) in [5, 5.41) is 20.6. The van der Waals surface area contributed by atoms with Crippen LogP contribution in [0.2, 0.25) is 5.02 Å². The first-order chi connectivity index (χ1) is 19.3. The molecule has 1 amide bonds. The van der Waals surface area contributed by atoms with Gasteiger partial charge in [-0.2, -0.15) is 0 Å².